The molecule has 0 bridgehead atoms. The largest absolute Gasteiger partial charge is 0.456 e. The Hall–Kier alpha value is -3.25. The molecule has 36 heavy (non-hydrogen) atoms. The lowest BCUT2D eigenvalue weighted by Crippen LogP contribution is -2.10. The standard InChI is InChI=1S/C30H18Br2ClNO2/c31-19-6-3-8-21(16-19)34(22-14-15-25-24-10-1-2-12-27(24)36-29(25)18-22)26-11-5-13-28(30(26)33)35-23-9-4-7-20(32)17-23/h1-18H. The van der Waals surface area contributed by atoms with E-state index in [1.807, 2.05) is 78.9 Å². The summed E-state index contributed by atoms with van der Waals surface area (Å²) in [7, 11) is 0. The van der Waals surface area contributed by atoms with Gasteiger partial charge in [0.15, 0.2) is 0 Å². The number of anilines is 3. The third-order valence-corrected chi connectivity index (χ3v) is 7.26. The van der Waals surface area contributed by atoms with Crippen LogP contribution in [0.2, 0.25) is 5.02 Å². The van der Waals surface area contributed by atoms with E-state index < -0.39 is 0 Å². The van der Waals surface area contributed by atoms with Gasteiger partial charge in [0.2, 0.25) is 0 Å². The van der Waals surface area contributed by atoms with Gasteiger partial charge in [-0.2, -0.15) is 0 Å². The Morgan fingerprint density at radius 2 is 1.36 bits per heavy atom. The van der Waals surface area contributed by atoms with Crippen molar-refractivity contribution in [2.75, 3.05) is 4.90 Å². The molecule has 0 aliphatic heterocycles. The molecule has 0 aliphatic carbocycles. The lowest BCUT2D eigenvalue weighted by atomic mass is 10.1. The minimum atomic E-state index is 0.502. The number of rotatable bonds is 5. The Bertz CT molecular complexity index is 1730. The first kappa shape index (κ1) is 23.2. The normalized spacial score (nSPS) is 11.2. The monoisotopic (exact) mass is 617 g/mol. The Labute approximate surface area is 230 Å². The number of nitrogens with zero attached hydrogens (tertiary/aromatic N) is 1. The molecule has 1 heterocycles. The van der Waals surface area contributed by atoms with Gasteiger partial charge >= 0.3 is 0 Å². The first-order valence-electron chi connectivity index (χ1n) is 11.3. The van der Waals surface area contributed by atoms with Crippen molar-refractivity contribution >= 4 is 82.5 Å². The molecular formula is C30H18Br2ClNO2. The number of fused-ring (bicyclic) bond motifs is 3. The van der Waals surface area contributed by atoms with E-state index in [-0.39, 0.29) is 0 Å². The zero-order valence-corrected chi connectivity index (χ0v) is 22.7. The number of benzene rings is 5. The third kappa shape index (κ3) is 4.39. The molecule has 0 saturated carbocycles. The van der Waals surface area contributed by atoms with Crippen molar-refractivity contribution in [1.29, 1.82) is 0 Å². The molecule has 6 rings (SSSR count). The molecule has 5 aromatic carbocycles. The van der Waals surface area contributed by atoms with E-state index in [2.05, 4.69) is 67.1 Å². The Balaban J connectivity index is 1.51. The van der Waals surface area contributed by atoms with Crippen LogP contribution in [0.5, 0.6) is 11.5 Å². The van der Waals surface area contributed by atoms with Gasteiger partial charge in [0.1, 0.15) is 27.7 Å². The molecule has 6 heteroatoms. The molecule has 0 fully saturated rings. The predicted octanol–water partition coefficient (Wildman–Crippen LogP) is 11.0. The lowest BCUT2D eigenvalue weighted by molar-refractivity contribution is 0.483. The fourth-order valence-electron chi connectivity index (χ4n) is 4.30. The molecule has 0 unspecified atom stereocenters. The van der Waals surface area contributed by atoms with E-state index in [9.17, 15) is 0 Å². The highest BCUT2D eigenvalue weighted by Gasteiger charge is 2.20. The average Bonchev–Trinajstić information content (AvgIpc) is 3.24. The highest BCUT2D eigenvalue weighted by molar-refractivity contribution is 9.10. The first-order valence-corrected chi connectivity index (χ1v) is 13.2. The molecular weight excluding hydrogens is 602 g/mol. The van der Waals surface area contributed by atoms with Gasteiger partial charge in [-0.3, -0.25) is 0 Å². The highest BCUT2D eigenvalue weighted by atomic mass is 79.9. The summed E-state index contributed by atoms with van der Waals surface area (Å²) in [4.78, 5) is 2.10. The molecule has 0 aliphatic rings. The average molecular weight is 620 g/mol. The number of halogens is 3. The topological polar surface area (TPSA) is 25.6 Å². The number of hydrogen-bond donors (Lipinski definition) is 0. The van der Waals surface area contributed by atoms with Gasteiger partial charge < -0.3 is 14.1 Å². The molecule has 0 atom stereocenters. The molecule has 176 valence electrons. The summed E-state index contributed by atoms with van der Waals surface area (Å²) in [5.41, 5.74) is 4.33. The van der Waals surface area contributed by atoms with E-state index in [0.29, 0.717) is 16.5 Å². The fourth-order valence-corrected chi connectivity index (χ4v) is 5.32. The molecule has 0 saturated heterocycles. The molecule has 0 N–H and O–H groups in total. The van der Waals surface area contributed by atoms with E-state index in [0.717, 1.165) is 47.9 Å². The highest BCUT2D eigenvalue weighted by Crippen LogP contribution is 2.45. The Kier molecular flexibility index (Phi) is 6.22. The first-order chi connectivity index (χ1) is 17.6. The molecule has 0 amide bonds. The second kappa shape index (κ2) is 9.66. The van der Waals surface area contributed by atoms with Crippen LogP contribution < -0.4 is 9.64 Å². The van der Waals surface area contributed by atoms with Gasteiger partial charge in [0.05, 0.1) is 5.69 Å². The summed E-state index contributed by atoms with van der Waals surface area (Å²) >= 11 is 14.1. The van der Waals surface area contributed by atoms with Crippen LogP contribution in [0.1, 0.15) is 0 Å². The van der Waals surface area contributed by atoms with Crippen LogP contribution in [0, 0.1) is 0 Å². The quantitative estimate of drug-likeness (QED) is 0.192. The predicted molar refractivity (Wildman–Crippen MR) is 155 cm³/mol. The SMILES string of the molecule is Clc1c(Oc2cccc(Br)c2)cccc1N(c1cccc(Br)c1)c1ccc2c(c1)oc1ccccc12. The summed E-state index contributed by atoms with van der Waals surface area (Å²) < 4.78 is 14.3. The van der Waals surface area contributed by atoms with Crippen LogP contribution in [0.3, 0.4) is 0 Å². The maximum atomic E-state index is 7.00. The second-order valence-corrected chi connectivity index (χ2v) is 10.5. The van der Waals surface area contributed by atoms with Crippen LogP contribution >= 0.6 is 43.5 Å². The Morgan fingerprint density at radius 3 is 2.19 bits per heavy atom. The van der Waals surface area contributed by atoms with Crippen LogP contribution in [0.4, 0.5) is 17.1 Å². The maximum absolute atomic E-state index is 7.00. The summed E-state index contributed by atoms with van der Waals surface area (Å²) in [6, 6.07) is 35.9. The number of hydrogen-bond acceptors (Lipinski definition) is 3. The van der Waals surface area contributed by atoms with Crippen molar-refractivity contribution in [3.05, 3.63) is 123 Å². The van der Waals surface area contributed by atoms with E-state index in [1.165, 1.54) is 0 Å². The van der Waals surface area contributed by atoms with Gasteiger partial charge in [0, 0.05) is 37.2 Å². The van der Waals surface area contributed by atoms with E-state index in [4.69, 9.17) is 20.8 Å². The van der Waals surface area contributed by atoms with Crippen molar-refractivity contribution in [1.82, 2.24) is 0 Å². The molecule has 0 spiro atoms. The number of para-hydroxylation sites is 1. The van der Waals surface area contributed by atoms with Gasteiger partial charge in [-0.05, 0) is 66.7 Å². The summed E-state index contributed by atoms with van der Waals surface area (Å²) in [6.45, 7) is 0. The van der Waals surface area contributed by atoms with Gasteiger partial charge in [-0.25, -0.2) is 0 Å². The Morgan fingerprint density at radius 1 is 0.639 bits per heavy atom. The van der Waals surface area contributed by atoms with Gasteiger partial charge in [-0.1, -0.05) is 79.9 Å². The number of furan rings is 1. The van der Waals surface area contributed by atoms with E-state index >= 15 is 0 Å². The van der Waals surface area contributed by atoms with Gasteiger partial charge in [0.25, 0.3) is 0 Å². The van der Waals surface area contributed by atoms with Crippen molar-refractivity contribution in [3.63, 3.8) is 0 Å². The number of ether oxygens (including phenoxy) is 1. The molecule has 1 aromatic heterocycles. The van der Waals surface area contributed by atoms with Crippen LogP contribution in [0.25, 0.3) is 21.9 Å². The maximum Gasteiger partial charge on any atom is 0.148 e. The third-order valence-electron chi connectivity index (χ3n) is 5.89. The van der Waals surface area contributed by atoms with Gasteiger partial charge in [-0.15, -0.1) is 0 Å². The smallest absolute Gasteiger partial charge is 0.148 e. The summed E-state index contributed by atoms with van der Waals surface area (Å²) in [5.74, 6) is 1.26. The van der Waals surface area contributed by atoms with Crippen molar-refractivity contribution in [2.45, 2.75) is 0 Å². The molecule has 0 radical (unpaired) electrons. The van der Waals surface area contributed by atoms with Crippen LogP contribution in [0.15, 0.2) is 123 Å². The van der Waals surface area contributed by atoms with Crippen molar-refractivity contribution in [2.24, 2.45) is 0 Å². The minimum Gasteiger partial charge on any atom is -0.456 e. The zero-order chi connectivity index (χ0) is 24.6. The molecule has 6 aromatic rings. The minimum absolute atomic E-state index is 0.502. The summed E-state index contributed by atoms with van der Waals surface area (Å²) in [6.07, 6.45) is 0. The lowest BCUT2D eigenvalue weighted by Gasteiger charge is -2.27. The zero-order valence-electron chi connectivity index (χ0n) is 18.8. The molecule has 3 nitrogen and oxygen atoms in total. The second-order valence-electron chi connectivity index (χ2n) is 8.24. The van der Waals surface area contributed by atoms with Crippen molar-refractivity contribution < 1.29 is 9.15 Å². The fraction of sp³-hybridized carbons (Fsp3) is 0. The summed E-state index contributed by atoms with van der Waals surface area (Å²) in [5, 5.41) is 2.67. The van der Waals surface area contributed by atoms with Crippen LogP contribution in [-0.2, 0) is 0 Å². The van der Waals surface area contributed by atoms with E-state index in [1.54, 1.807) is 0 Å². The van der Waals surface area contributed by atoms with Crippen LogP contribution in [-0.4, -0.2) is 0 Å². The van der Waals surface area contributed by atoms with Crippen molar-refractivity contribution in [3.8, 4) is 11.5 Å².